The van der Waals surface area contributed by atoms with E-state index in [1.54, 1.807) is 0 Å². The third-order valence-electron chi connectivity index (χ3n) is 11.3. The quantitative estimate of drug-likeness (QED) is 0.162. The average molecular weight is 693 g/mol. The summed E-state index contributed by atoms with van der Waals surface area (Å²) in [7, 11) is 0. The van der Waals surface area contributed by atoms with Crippen LogP contribution in [0.1, 0.15) is 16.7 Å². The first-order valence-corrected chi connectivity index (χ1v) is 18.7. The van der Waals surface area contributed by atoms with E-state index in [-0.39, 0.29) is 0 Å². The SMILES string of the molecule is Cc1ccc(N(c2ccc(C)cc2)c2ccc3ccc4c(N(c5ccc(C)cc5)c5cc6ccc7cccc8oc(c5)c6c78)ccc5ccc2c3c54)cc1. The van der Waals surface area contributed by atoms with Gasteiger partial charge in [0.1, 0.15) is 11.2 Å². The van der Waals surface area contributed by atoms with Crippen LogP contribution in [-0.2, 0) is 0 Å². The summed E-state index contributed by atoms with van der Waals surface area (Å²) < 4.78 is 6.57. The third-order valence-corrected chi connectivity index (χ3v) is 11.3. The lowest BCUT2D eigenvalue weighted by Crippen LogP contribution is -2.11. The van der Waals surface area contributed by atoms with Crippen molar-refractivity contribution in [3.63, 3.8) is 0 Å². The Labute approximate surface area is 313 Å². The van der Waals surface area contributed by atoms with Crippen LogP contribution in [0.15, 0.2) is 168 Å². The maximum Gasteiger partial charge on any atom is 0.138 e. The third kappa shape index (κ3) is 4.61. The second kappa shape index (κ2) is 11.6. The highest BCUT2D eigenvalue weighted by Gasteiger charge is 2.23. The van der Waals surface area contributed by atoms with Crippen molar-refractivity contribution in [1.29, 1.82) is 0 Å². The Bertz CT molecular complexity index is 3130. The standard InChI is InChI=1S/C51H36N2O/c1-31-7-19-38(20-8-31)52(39-21-9-32(2)10-22-39)44-27-17-35-16-26-43-45(28-18-36-15-25-42(44)48(35)49(36)43)53(40-23-11-33(3)12-24-40)41-29-37-14-13-34-5-4-6-46-50(34)51(37)47(30-41)54-46/h4-30H,1-3H3. The molecule has 11 rings (SSSR count). The van der Waals surface area contributed by atoms with Gasteiger partial charge in [-0.2, -0.15) is 0 Å². The number of rotatable bonds is 6. The minimum Gasteiger partial charge on any atom is -0.456 e. The van der Waals surface area contributed by atoms with Crippen LogP contribution in [0.3, 0.4) is 0 Å². The molecule has 0 N–H and O–H groups in total. The molecule has 3 nitrogen and oxygen atoms in total. The molecule has 0 unspecified atom stereocenters. The zero-order chi connectivity index (χ0) is 36.1. The van der Waals surface area contributed by atoms with E-state index in [1.807, 2.05) is 0 Å². The van der Waals surface area contributed by atoms with Crippen LogP contribution in [-0.4, -0.2) is 0 Å². The maximum absolute atomic E-state index is 6.57. The van der Waals surface area contributed by atoms with Gasteiger partial charge in [0, 0.05) is 44.7 Å². The van der Waals surface area contributed by atoms with Crippen molar-refractivity contribution >= 4 is 99.2 Å². The molecule has 0 saturated heterocycles. The number of hydrogen-bond donors (Lipinski definition) is 0. The molecule has 0 radical (unpaired) electrons. The summed E-state index contributed by atoms with van der Waals surface area (Å²) in [5.41, 5.74) is 12.3. The monoisotopic (exact) mass is 692 g/mol. The van der Waals surface area contributed by atoms with Gasteiger partial charge < -0.3 is 14.2 Å². The molecule has 1 heterocycles. The number of anilines is 6. The molecule has 0 fully saturated rings. The van der Waals surface area contributed by atoms with Crippen molar-refractivity contribution in [3.05, 3.63) is 180 Å². The van der Waals surface area contributed by atoms with Gasteiger partial charge in [-0.05, 0) is 114 Å². The second-order valence-corrected chi connectivity index (χ2v) is 14.8. The molecule has 0 atom stereocenters. The zero-order valence-electron chi connectivity index (χ0n) is 30.4. The molecule has 0 amide bonds. The highest BCUT2D eigenvalue weighted by atomic mass is 16.3. The Balaban J connectivity index is 1.17. The van der Waals surface area contributed by atoms with Crippen molar-refractivity contribution in [2.24, 2.45) is 0 Å². The van der Waals surface area contributed by atoms with E-state index < -0.39 is 0 Å². The summed E-state index contributed by atoms with van der Waals surface area (Å²) in [5, 5.41) is 12.2. The largest absolute Gasteiger partial charge is 0.456 e. The van der Waals surface area contributed by atoms with Crippen LogP contribution in [0, 0.1) is 20.8 Å². The topological polar surface area (TPSA) is 19.6 Å². The Kier molecular flexibility index (Phi) is 6.60. The number of nitrogens with zero attached hydrogens (tertiary/aromatic N) is 2. The van der Waals surface area contributed by atoms with Gasteiger partial charge in [-0.25, -0.2) is 0 Å². The van der Waals surface area contributed by atoms with Crippen molar-refractivity contribution in [2.75, 3.05) is 9.80 Å². The van der Waals surface area contributed by atoms with E-state index in [4.69, 9.17) is 4.42 Å². The molecule has 0 aliphatic carbocycles. The second-order valence-electron chi connectivity index (χ2n) is 14.8. The van der Waals surface area contributed by atoms with Gasteiger partial charge >= 0.3 is 0 Å². The number of hydrogen-bond acceptors (Lipinski definition) is 3. The van der Waals surface area contributed by atoms with Crippen LogP contribution >= 0.6 is 0 Å². The first-order chi connectivity index (χ1) is 26.5. The van der Waals surface area contributed by atoms with Crippen LogP contribution in [0.25, 0.3) is 65.0 Å². The van der Waals surface area contributed by atoms with Crippen LogP contribution < -0.4 is 9.80 Å². The summed E-state index contributed by atoms with van der Waals surface area (Å²) in [6, 6.07) is 60.2. The van der Waals surface area contributed by atoms with E-state index in [1.165, 1.54) is 70.6 Å². The normalized spacial score (nSPS) is 12.0. The van der Waals surface area contributed by atoms with Crippen LogP contribution in [0.4, 0.5) is 34.1 Å². The molecule has 11 aromatic rings. The summed E-state index contributed by atoms with van der Waals surface area (Å²) in [4.78, 5) is 4.81. The van der Waals surface area contributed by atoms with Gasteiger partial charge in [0.15, 0.2) is 0 Å². The van der Waals surface area contributed by atoms with Crippen molar-refractivity contribution in [2.45, 2.75) is 20.8 Å². The summed E-state index contributed by atoms with van der Waals surface area (Å²) >= 11 is 0. The van der Waals surface area contributed by atoms with Gasteiger partial charge in [-0.1, -0.05) is 114 Å². The van der Waals surface area contributed by atoms with Gasteiger partial charge in [0.05, 0.1) is 17.1 Å². The minimum atomic E-state index is 0.904. The fraction of sp³-hybridized carbons (Fsp3) is 0.0588. The van der Waals surface area contributed by atoms with Gasteiger partial charge in [0.2, 0.25) is 0 Å². The summed E-state index contributed by atoms with van der Waals surface area (Å²) in [6.07, 6.45) is 0. The van der Waals surface area contributed by atoms with Gasteiger partial charge in [-0.15, -0.1) is 0 Å². The first kappa shape index (κ1) is 30.8. The number of furan rings is 1. The predicted molar refractivity (Wildman–Crippen MR) is 230 cm³/mol. The van der Waals surface area contributed by atoms with E-state index in [9.17, 15) is 0 Å². The lowest BCUT2D eigenvalue weighted by molar-refractivity contribution is 0.669. The molecule has 0 saturated carbocycles. The fourth-order valence-corrected chi connectivity index (χ4v) is 8.66. The smallest absolute Gasteiger partial charge is 0.138 e. The highest BCUT2D eigenvalue weighted by Crippen LogP contribution is 2.49. The van der Waals surface area contributed by atoms with Crippen molar-refractivity contribution < 1.29 is 4.42 Å². The Morgan fingerprint density at radius 2 is 0.759 bits per heavy atom. The molecule has 256 valence electrons. The molecule has 10 aromatic carbocycles. The lowest BCUT2D eigenvalue weighted by atomic mass is 9.91. The molecular weight excluding hydrogens is 657 g/mol. The molecule has 0 aliphatic rings. The van der Waals surface area contributed by atoms with Gasteiger partial charge in [0.25, 0.3) is 0 Å². The number of aryl methyl sites for hydroxylation is 3. The number of benzene rings is 10. The maximum atomic E-state index is 6.57. The van der Waals surface area contributed by atoms with Gasteiger partial charge in [-0.3, -0.25) is 0 Å². The van der Waals surface area contributed by atoms with Crippen molar-refractivity contribution in [3.8, 4) is 0 Å². The summed E-state index contributed by atoms with van der Waals surface area (Å²) in [5.74, 6) is 0. The Hall–Kier alpha value is -6.84. The molecule has 0 aliphatic heterocycles. The zero-order valence-corrected chi connectivity index (χ0v) is 30.4. The van der Waals surface area contributed by atoms with Crippen LogP contribution in [0.2, 0.25) is 0 Å². The average Bonchev–Trinajstić information content (AvgIpc) is 3.59. The fourth-order valence-electron chi connectivity index (χ4n) is 8.66. The minimum absolute atomic E-state index is 0.904. The van der Waals surface area contributed by atoms with E-state index >= 15 is 0 Å². The van der Waals surface area contributed by atoms with Crippen molar-refractivity contribution in [1.82, 2.24) is 0 Å². The first-order valence-electron chi connectivity index (χ1n) is 18.7. The highest BCUT2D eigenvalue weighted by molar-refractivity contribution is 6.28. The van der Waals surface area contributed by atoms with E-state index in [0.717, 1.165) is 45.3 Å². The van der Waals surface area contributed by atoms with E-state index in [2.05, 4.69) is 194 Å². The molecule has 3 heteroatoms. The Morgan fingerprint density at radius 3 is 1.30 bits per heavy atom. The molecule has 0 spiro atoms. The summed E-state index contributed by atoms with van der Waals surface area (Å²) in [6.45, 7) is 6.43. The predicted octanol–water partition coefficient (Wildman–Crippen LogP) is 14.9. The lowest BCUT2D eigenvalue weighted by Gasteiger charge is -2.29. The van der Waals surface area contributed by atoms with Crippen LogP contribution in [0.5, 0.6) is 0 Å². The molecule has 54 heavy (non-hydrogen) atoms. The molecule has 0 bridgehead atoms. The Morgan fingerprint density at radius 1 is 0.333 bits per heavy atom. The molecular formula is C51H36N2O. The molecule has 1 aromatic heterocycles. The van der Waals surface area contributed by atoms with E-state index in [0.29, 0.717) is 0 Å².